The van der Waals surface area contributed by atoms with Crippen LogP contribution in [0.25, 0.3) is 0 Å². The second-order valence-corrected chi connectivity index (χ2v) is 4.99. The number of aryl methyl sites for hydroxylation is 3. The minimum absolute atomic E-state index is 0.0190. The van der Waals surface area contributed by atoms with E-state index < -0.39 is 0 Å². The minimum atomic E-state index is -0.0190. The number of hydrogen-bond donors (Lipinski definition) is 1. The average Bonchev–Trinajstić information content (AvgIpc) is 2.64. The summed E-state index contributed by atoms with van der Waals surface area (Å²) < 4.78 is 1.85. The summed E-state index contributed by atoms with van der Waals surface area (Å²) in [5.74, 6) is 0.617. The Morgan fingerprint density at radius 3 is 2.70 bits per heavy atom. The highest BCUT2D eigenvalue weighted by Gasteiger charge is 2.12. The quantitative estimate of drug-likeness (QED) is 0.929. The van der Waals surface area contributed by atoms with Gasteiger partial charge in [-0.25, -0.2) is 4.98 Å². The minimum Gasteiger partial charge on any atom is -0.310 e. The van der Waals surface area contributed by atoms with Crippen LogP contribution in [-0.2, 0) is 18.3 Å². The lowest BCUT2D eigenvalue weighted by Crippen LogP contribution is -2.14. The van der Waals surface area contributed by atoms with Gasteiger partial charge in [-0.05, 0) is 44.4 Å². The van der Waals surface area contributed by atoms with Crippen LogP contribution >= 0.6 is 0 Å². The molecule has 2 heterocycles. The zero-order chi connectivity index (χ0) is 14.7. The van der Waals surface area contributed by atoms with Crippen LogP contribution in [0.5, 0.6) is 0 Å². The summed E-state index contributed by atoms with van der Waals surface area (Å²) in [4.78, 5) is 16.2. The van der Waals surface area contributed by atoms with Crippen molar-refractivity contribution in [2.75, 3.05) is 5.32 Å². The Balaban J connectivity index is 1.98. The molecule has 0 atom stereocenters. The molecule has 5 heteroatoms. The number of pyridine rings is 1. The molecule has 0 bridgehead atoms. The molecule has 0 aliphatic carbocycles. The first-order valence-corrected chi connectivity index (χ1v) is 6.69. The van der Waals surface area contributed by atoms with E-state index in [0.29, 0.717) is 18.7 Å². The zero-order valence-corrected chi connectivity index (χ0v) is 12.4. The van der Waals surface area contributed by atoms with E-state index in [9.17, 15) is 4.79 Å². The van der Waals surface area contributed by atoms with Crippen molar-refractivity contribution in [1.82, 2.24) is 14.8 Å². The largest absolute Gasteiger partial charge is 0.310 e. The molecule has 0 aliphatic heterocycles. The highest BCUT2D eigenvalue weighted by atomic mass is 16.1. The number of carbonyl (C=O) groups is 1. The topological polar surface area (TPSA) is 59.8 Å². The molecule has 0 fully saturated rings. The van der Waals surface area contributed by atoms with Crippen molar-refractivity contribution in [2.45, 2.75) is 33.6 Å². The number of nitrogens with zero attached hydrogens (tertiary/aromatic N) is 3. The van der Waals surface area contributed by atoms with Crippen molar-refractivity contribution in [3.8, 4) is 0 Å². The fourth-order valence-electron chi connectivity index (χ4n) is 2.23. The Hall–Kier alpha value is -2.17. The number of rotatable bonds is 4. The van der Waals surface area contributed by atoms with Gasteiger partial charge in [-0.1, -0.05) is 6.07 Å². The Bertz CT molecular complexity index is 631. The van der Waals surface area contributed by atoms with E-state index in [2.05, 4.69) is 15.4 Å². The fourth-order valence-corrected chi connectivity index (χ4v) is 2.23. The van der Waals surface area contributed by atoms with Crippen LogP contribution in [0.4, 0.5) is 5.82 Å². The molecule has 2 rings (SSSR count). The van der Waals surface area contributed by atoms with Crippen LogP contribution in [-0.4, -0.2) is 20.7 Å². The summed E-state index contributed by atoms with van der Waals surface area (Å²) in [5.41, 5.74) is 4.23. The van der Waals surface area contributed by atoms with Crippen molar-refractivity contribution in [3.63, 3.8) is 0 Å². The van der Waals surface area contributed by atoms with Crippen molar-refractivity contribution >= 4 is 11.7 Å². The maximum atomic E-state index is 12.0. The van der Waals surface area contributed by atoms with Crippen molar-refractivity contribution in [2.24, 2.45) is 7.05 Å². The molecule has 106 valence electrons. The summed E-state index contributed by atoms with van der Waals surface area (Å²) in [6.45, 7) is 5.93. The Morgan fingerprint density at radius 2 is 2.10 bits per heavy atom. The molecule has 0 unspecified atom stereocenters. The molecule has 0 saturated carbocycles. The predicted octanol–water partition coefficient (Wildman–Crippen LogP) is 2.31. The number of nitrogens with one attached hydrogen (secondary N) is 1. The molecule has 0 spiro atoms. The van der Waals surface area contributed by atoms with E-state index in [-0.39, 0.29) is 5.91 Å². The summed E-state index contributed by atoms with van der Waals surface area (Å²) in [6, 6.07) is 3.78. The molecule has 0 saturated heterocycles. The first-order valence-electron chi connectivity index (χ1n) is 6.69. The third-order valence-electron chi connectivity index (χ3n) is 3.53. The van der Waals surface area contributed by atoms with E-state index >= 15 is 0 Å². The van der Waals surface area contributed by atoms with Crippen LogP contribution in [0.3, 0.4) is 0 Å². The molecule has 5 nitrogen and oxygen atoms in total. The first kappa shape index (κ1) is 14.2. The van der Waals surface area contributed by atoms with Gasteiger partial charge >= 0.3 is 0 Å². The van der Waals surface area contributed by atoms with Crippen molar-refractivity contribution in [1.29, 1.82) is 0 Å². The summed E-state index contributed by atoms with van der Waals surface area (Å²) in [5, 5.41) is 7.21. The number of carbonyl (C=O) groups excluding carboxylic acids is 1. The lowest BCUT2D eigenvalue weighted by atomic mass is 10.1. The van der Waals surface area contributed by atoms with Gasteiger partial charge in [0.2, 0.25) is 5.91 Å². The number of hydrogen-bond acceptors (Lipinski definition) is 3. The molecule has 1 N–H and O–H groups in total. The number of amides is 1. The van der Waals surface area contributed by atoms with Gasteiger partial charge in [0.1, 0.15) is 5.82 Å². The molecule has 0 aromatic carbocycles. The van der Waals surface area contributed by atoms with Crippen molar-refractivity contribution < 1.29 is 4.79 Å². The van der Waals surface area contributed by atoms with E-state index in [4.69, 9.17) is 0 Å². The Labute approximate surface area is 119 Å². The molecule has 2 aromatic rings. The van der Waals surface area contributed by atoms with Crippen LogP contribution in [0.1, 0.15) is 28.9 Å². The fraction of sp³-hybridized carbons (Fsp3) is 0.400. The Morgan fingerprint density at radius 1 is 1.35 bits per heavy atom. The zero-order valence-electron chi connectivity index (χ0n) is 12.4. The third kappa shape index (κ3) is 3.04. The normalized spacial score (nSPS) is 10.6. The smallest absolute Gasteiger partial charge is 0.225 e. The predicted molar refractivity (Wildman–Crippen MR) is 78.6 cm³/mol. The van der Waals surface area contributed by atoms with Crippen LogP contribution < -0.4 is 5.32 Å². The first-order chi connectivity index (χ1) is 9.49. The molecular weight excluding hydrogens is 252 g/mol. The highest BCUT2D eigenvalue weighted by molar-refractivity contribution is 5.90. The molecule has 0 aliphatic rings. The van der Waals surface area contributed by atoms with Gasteiger partial charge < -0.3 is 5.32 Å². The molecule has 1 amide bonds. The van der Waals surface area contributed by atoms with Gasteiger partial charge in [0.15, 0.2) is 0 Å². The van der Waals surface area contributed by atoms with Gasteiger partial charge in [-0.2, -0.15) is 5.10 Å². The molecule has 0 radical (unpaired) electrons. The summed E-state index contributed by atoms with van der Waals surface area (Å²) in [7, 11) is 1.92. The lowest BCUT2D eigenvalue weighted by molar-refractivity contribution is -0.116. The van der Waals surface area contributed by atoms with E-state index in [0.717, 1.165) is 22.5 Å². The van der Waals surface area contributed by atoms with E-state index in [1.807, 2.05) is 44.6 Å². The SMILES string of the molecule is Cc1cccnc1NC(=O)CCc1c(C)nn(C)c1C. The number of anilines is 1. The van der Waals surface area contributed by atoms with Gasteiger partial charge in [0, 0.05) is 25.4 Å². The molecule has 2 aromatic heterocycles. The second-order valence-electron chi connectivity index (χ2n) is 4.99. The lowest BCUT2D eigenvalue weighted by Gasteiger charge is -2.07. The standard InChI is InChI=1S/C15H20N4O/c1-10-6-5-9-16-15(10)17-14(20)8-7-13-11(2)18-19(4)12(13)3/h5-6,9H,7-8H2,1-4H3,(H,16,17,20). The molecule has 20 heavy (non-hydrogen) atoms. The van der Waals surface area contributed by atoms with E-state index in [1.165, 1.54) is 0 Å². The maximum absolute atomic E-state index is 12.0. The van der Waals surface area contributed by atoms with Gasteiger partial charge in [0.05, 0.1) is 5.69 Å². The highest BCUT2D eigenvalue weighted by Crippen LogP contribution is 2.15. The van der Waals surface area contributed by atoms with Gasteiger partial charge in [-0.3, -0.25) is 9.48 Å². The van der Waals surface area contributed by atoms with Crippen molar-refractivity contribution in [3.05, 3.63) is 40.8 Å². The van der Waals surface area contributed by atoms with Crippen LogP contribution in [0, 0.1) is 20.8 Å². The summed E-state index contributed by atoms with van der Waals surface area (Å²) >= 11 is 0. The van der Waals surface area contributed by atoms with Gasteiger partial charge in [0.25, 0.3) is 0 Å². The van der Waals surface area contributed by atoms with Gasteiger partial charge in [-0.15, -0.1) is 0 Å². The van der Waals surface area contributed by atoms with E-state index in [1.54, 1.807) is 6.20 Å². The second kappa shape index (κ2) is 5.86. The summed E-state index contributed by atoms with van der Waals surface area (Å²) in [6.07, 6.45) is 2.81. The van der Waals surface area contributed by atoms with Crippen LogP contribution in [0.2, 0.25) is 0 Å². The average molecular weight is 272 g/mol. The third-order valence-corrected chi connectivity index (χ3v) is 3.53. The molecular formula is C15H20N4O. The van der Waals surface area contributed by atoms with Crippen LogP contribution in [0.15, 0.2) is 18.3 Å². The monoisotopic (exact) mass is 272 g/mol. The Kier molecular flexibility index (Phi) is 4.17. The maximum Gasteiger partial charge on any atom is 0.225 e. The number of aromatic nitrogens is 3.